The summed E-state index contributed by atoms with van der Waals surface area (Å²) in [6, 6.07) is 17.5. The van der Waals surface area contributed by atoms with Gasteiger partial charge in [-0.1, -0.05) is 17.7 Å². The number of anilines is 1. The Morgan fingerprint density at radius 2 is 1.68 bits per heavy atom. The van der Waals surface area contributed by atoms with Gasteiger partial charge in [-0.15, -0.1) is 0 Å². The number of nitrogens with zero attached hydrogens (tertiary/aromatic N) is 2. The fourth-order valence-corrected chi connectivity index (χ4v) is 5.60. The third-order valence-electron chi connectivity index (χ3n) is 6.43. The number of rotatable bonds is 11. The Morgan fingerprint density at radius 3 is 2.35 bits per heavy atom. The second kappa shape index (κ2) is 13.7. The van der Waals surface area contributed by atoms with Gasteiger partial charge in [0.1, 0.15) is 0 Å². The first-order valence-corrected chi connectivity index (χ1v) is 15.0. The Labute approximate surface area is 237 Å². The van der Waals surface area contributed by atoms with Gasteiger partial charge in [0.2, 0.25) is 5.91 Å². The van der Waals surface area contributed by atoms with Gasteiger partial charge in [0.15, 0.2) is 9.84 Å². The highest BCUT2D eigenvalue weighted by atomic mass is 35.5. The van der Waals surface area contributed by atoms with Crippen molar-refractivity contribution in [2.75, 3.05) is 49.7 Å². The molecule has 2 N–H and O–H groups in total. The van der Waals surface area contributed by atoms with Crippen LogP contribution in [0.2, 0.25) is 5.02 Å². The number of ether oxygens (including phenoxy) is 1. The summed E-state index contributed by atoms with van der Waals surface area (Å²) >= 11 is 5.91. The molecular formula is C28H31ClN4O6S. The van der Waals surface area contributed by atoms with Crippen LogP contribution in [-0.4, -0.2) is 80.1 Å². The van der Waals surface area contributed by atoms with Gasteiger partial charge in [-0.2, -0.15) is 0 Å². The molecule has 1 fully saturated rings. The Kier molecular flexibility index (Phi) is 10.1. The lowest BCUT2D eigenvalue weighted by atomic mass is 10.1. The Hall–Kier alpha value is -3.51. The standard InChI is InChI=1S/C28H31ClN4O6S/c29-22-6-8-23(9-7-22)30-26(34)19-24(20-39-16-13-32-14-17-40(37,38)18-15-32)31-28(36)21-4-10-25(11-5-21)33-12-2-1-3-27(33)35/h1-12,24H,13-20H2,(H,30,34)(H,31,36). The van der Waals surface area contributed by atoms with Gasteiger partial charge in [-0.25, -0.2) is 8.42 Å². The van der Waals surface area contributed by atoms with Crippen LogP contribution in [0.15, 0.2) is 77.7 Å². The van der Waals surface area contributed by atoms with E-state index in [-0.39, 0.29) is 41.9 Å². The van der Waals surface area contributed by atoms with Crippen molar-refractivity contribution in [3.05, 3.63) is 93.9 Å². The quantitative estimate of drug-likeness (QED) is 0.330. The van der Waals surface area contributed by atoms with Gasteiger partial charge in [0.25, 0.3) is 11.5 Å². The maximum Gasteiger partial charge on any atom is 0.255 e. The predicted molar refractivity (Wildman–Crippen MR) is 154 cm³/mol. The van der Waals surface area contributed by atoms with Gasteiger partial charge >= 0.3 is 0 Å². The molecule has 3 aromatic rings. The molecule has 0 aliphatic carbocycles. The number of benzene rings is 2. The van der Waals surface area contributed by atoms with Crippen molar-refractivity contribution in [1.82, 2.24) is 14.8 Å². The third-order valence-corrected chi connectivity index (χ3v) is 8.29. The van der Waals surface area contributed by atoms with Crippen LogP contribution in [0, 0.1) is 0 Å². The highest BCUT2D eigenvalue weighted by Crippen LogP contribution is 2.14. The lowest BCUT2D eigenvalue weighted by Gasteiger charge is -2.26. The SMILES string of the molecule is O=C(CC(COCCN1CCS(=O)(=O)CC1)NC(=O)c1ccc(-n2ccccc2=O)cc1)Nc1ccc(Cl)cc1. The average Bonchev–Trinajstić information content (AvgIpc) is 2.93. The summed E-state index contributed by atoms with van der Waals surface area (Å²) in [5.41, 5.74) is 1.38. The molecule has 1 aromatic heterocycles. The molecule has 1 unspecified atom stereocenters. The van der Waals surface area contributed by atoms with Crippen molar-refractivity contribution in [3.8, 4) is 5.69 Å². The predicted octanol–water partition coefficient (Wildman–Crippen LogP) is 2.37. The van der Waals surface area contributed by atoms with Crippen molar-refractivity contribution < 1.29 is 22.7 Å². The van der Waals surface area contributed by atoms with Crippen molar-refractivity contribution in [1.29, 1.82) is 0 Å². The largest absolute Gasteiger partial charge is 0.378 e. The molecular weight excluding hydrogens is 556 g/mol. The van der Waals surface area contributed by atoms with E-state index in [1.54, 1.807) is 66.9 Å². The topological polar surface area (TPSA) is 127 Å². The number of carbonyl (C=O) groups excluding carboxylic acids is 2. The van der Waals surface area contributed by atoms with Crippen LogP contribution in [-0.2, 0) is 19.4 Å². The maximum absolute atomic E-state index is 13.0. The molecule has 1 saturated heterocycles. The normalized spacial score (nSPS) is 15.7. The molecule has 1 aliphatic heterocycles. The zero-order valence-corrected chi connectivity index (χ0v) is 23.4. The minimum atomic E-state index is -2.96. The number of amides is 2. The van der Waals surface area contributed by atoms with Crippen molar-refractivity contribution in [3.63, 3.8) is 0 Å². The van der Waals surface area contributed by atoms with Crippen LogP contribution in [0.1, 0.15) is 16.8 Å². The summed E-state index contributed by atoms with van der Waals surface area (Å²) in [6.45, 7) is 1.88. The molecule has 2 aromatic carbocycles. The molecule has 1 aliphatic rings. The first-order valence-electron chi connectivity index (χ1n) is 12.8. The van der Waals surface area contributed by atoms with Gasteiger partial charge in [0.05, 0.1) is 30.8 Å². The average molecular weight is 587 g/mol. The number of carbonyl (C=O) groups is 2. The molecule has 12 heteroatoms. The smallest absolute Gasteiger partial charge is 0.255 e. The highest BCUT2D eigenvalue weighted by molar-refractivity contribution is 7.91. The number of hydrogen-bond donors (Lipinski definition) is 2. The summed E-state index contributed by atoms with van der Waals surface area (Å²) in [5, 5.41) is 6.21. The maximum atomic E-state index is 13.0. The van der Waals surface area contributed by atoms with E-state index in [4.69, 9.17) is 16.3 Å². The molecule has 40 heavy (non-hydrogen) atoms. The monoisotopic (exact) mass is 586 g/mol. The first kappa shape index (κ1) is 29.5. The summed E-state index contributed by atoms with van der Waals surface area (Å²) in [6.07, 6.45) is 1.61. The molecule has 4 rings (SSSR count). The second-order valence-corrected chi connectivity index (χ2v) is 12.2. The van der Waals surface area contributed by atoms with Crippen LogP contribution in [0.4, 0.5) is 5.69 Å². The van der Waals surface area contributed by atoms with E-state index in [9.17, 15) is 22.8 Å². The van der Waals surface area contributed by atoms with Gasteiger partial charge in [0, 0.05) is 60.3 Å². The lowest BCUT2D eigenvalue weighted by Crippen LogP contribution is -2.43. The number of aromatic nitrogens is 1. The number of nitrogens with one attached hydrogen (secondary N) is 2. The summed E-state index contributed by atoms with van der Waals surface area (Å²) in [4.78, 5) is 39.9. The molecule has 212 valence electrons. The third kappa shape index (κ3) is 8.75. The fraction of sp³-hybridized carbons (Fsp3) is 0.321. The molecule has 0 saturated carbocycles. The van der Waals surface area contributed by atoms with Gasteiger partial charge in [-0.05, 0) is 54.6 Å². The molecule has 1 atom stereocenters. The van der Waals surface area contributed by atoms with Crippen LogP contribution in [0.5, 0.6) is 0 Å². The zero-order chi connectivity index (χ0) is 28.5. The van der Waals surface area contributed by atoms with Gasteiger partial charge < -0.3 is 15.4 Å². The Morgan fingerprint density at radius 1 is 0.975 bits per heavy atom. The van der Waals surface area contributed by atoms with E-state index in [1.807, 2.05) is 4.90 Å². The lowest BCUT2D eigenvalue weighted by molar-refractivity contribution is -0.117. The summed E-state index contributed by atoms with van der Waals surface area (Å²) in [5.74, 6) is -0.431. The molecule has 2 amide bonds. The Bertz CT molecular complexity index is 1460. The number of hydrogen-bond acceptors (Lipinski definition) is 7. The molecule has 10 nitrogen and oxygen atoms in total. The van der Waals surface area contributed by atoms with E-state index in [1.165, 1.54) is 10.6 Å². The van der Waals surface area contributed by atoms with E-state index < -0.39 is 15.9 Å². The first-order chi connectivity index (χ1) is 19.2. The summed E-state index contributed by atoms with van der Waals surface area (Å²) in [7, 11) is -2.96. The highest BCUT2D eigenvalue weighted by Gasteiger charge is 2.22. The fourth-order valence-electron chi connectivity index (χ4n) is 4.20. The summed E-state index contributed by atoms with van der Waals surface area (Å²) < 4.78 is 30.5. The van der Waals surface area contributed by atoms with E-state index >= 15 is 0 Å². The Balaban J connectivity index is 1.36. The van der Waals surface area contributed by atoms with Crippen LogP contribution in [0.3, 0.4) is 0 Å². The van der Waals surface area contributed by atoms with E-state index in [0.717, 1.165) is 0 Å². The van der Waals surface area contributed by atoms with Crippen LogP contribution < -0.4 is 16.2 Å². The minimum absolute atomic E-state index is 0.0339. The molecule has 2 heterocycles. The van der Waals surface area contributed by atoms with Crippen LogP contribution >= 0.6 is 11.6 Å². The second-order valence-electron chi connectivity index (χ2n) is 9.45. The zero-order valence-electron chi connectivity index (χ0n) is 21.8. The molecule has 0 radical (unpaired) electrons. The van der Waals surface area contributed by atoms with Crippen LogP contribution in [0.25, 0.3) is 5.69 Å². The number of halogens is 1. The van der Waals surface area contributed by atoms with E-state index in [2.05, 4.69) is 10.6 Å². The van der Waals surface area contributed by atoms with E-state index in [0.29, 0.717) is 48.2 Å². The number of sulfone groups is 1. The molecule has 0 bridgehead atoms. The van der Waals surface area contributed by atoms with Crippen molar-refractivity contribution >= 4 is 38.9 Å². The minimum Gasteiger partial charge on any atom is -0.378 e. The van der Waals surface area contributed by atoms with Crippen molar-refractivity contribution in [2.45, 2.75) is 12.5 Å². The van der Waals surface area contributed by atoms with Gasteiger partial charge in [-0.3, -0.25) is 23.9 Å². The number of pyridine rings is 1. The molecule has 0 spiro atoms. The van der Waals surface area contributed by atoms with Crippen molar-refractivity contribution in [2.24, 2.45) is 0 Å².